The summed E-state index contributed by atoms with van der Waals surface area (Å²) in [5, 5.41) is 5.38. The van der Waals surface area contributed by atoms with Crippen LogP contribution in [0.15, 0.2) is 41.8 Å². The molecule has 5 heteroatoms. The summed E-state index contributed by atoms with van der Waals surface area (Å²) in [4.78, 5) is 1.30. The molecule has 1 heterocycles. The van der Waals surface area contributed by atoms with Crippen LogP contribution in [0.25, 0.3) is 0 Å². The standard InChI is InChI=1S/C16H19F2NOS/c1-16(2,14-8-5-9-21-14)11-19-10-12-6-3-4-7-13(12)20-15(17)18/h3-9,15,19H,10-11H2,1-2H3. The topological polar surface area (TPSA) is 21.3 Å². The molecule has 0 saturated heterocycles. The monoisotopic (exact) mass is 311 g/mol. The van der Waals surface area contributed by atoms with Gasteiger partial charge in [0.15, 0.2) is 0 Å². The molecule has 0 unspecified atom stereocenters. The van der Waals surface area contributed by atoms with Crippen LogP contribution in [0.5, 0.6) is 5.75 Å². The molecule has 0 fully saturated rings. The average Bonchev–Trinajstić information content (AvgIpc) is 2.95. The first kappa shape index (κ1) is 15.9. The molecule has 0 aliphatic heterocycles. The van der Waals surface area contributed by atoms with Crippen molar-refractivity contribution in [1.82, 2.24) is 5.32 Å². The summed E-state index contributed by atoms with van der Waals surface area (Å²) < 4.78 is 29.2. The van der Waals surface area contributed by atoms with Gasteiger partial charge >= 0.3 is 6.61 Å². The van der Waals surface area contributed by atoms with Crippen LogP contribution in [-0.4, -0.2) is 13.2 Å². The first-order valence-corrected chi connectivity index (χ1v) is 7.64. The highest BCUT2D eigenvalue weighted by molar-refractivity contribution is 7.10. The summed E-state index contributed by atoms with van der Waals surface area (Å²) in [6, 6.07) is 11.0. The molecule has 0 atom stereocenters. The first-order valence-electron chi connectivity index (χ1n) is 6.76. The highest BCUT2D eigenvalue weighted by Crippen LogP contribution is 2.27. The fraction of sp³-hybridized carbons (Fsp3) is 0.375. The van der Waals surface area contributed by atoms with Crippen LogP contribution in [0.3, 0.4) is 0 Å². The summed E-state index contributed by atoms with van der Waals surface area (Å²) in [7, 11) is 0. The Morgan fingerprint density at radius 2 is 1.95 bits per heavy atom. The van der Waals surface area contributed by atoms with Gasteiger partial charge in [-0.1, -0.05) is 38.1 Å². The Balaban J connectivity index is 1.95. The Morgan fingerprint density at radius 1 is 1.19 bits per heavy atom. The second-order valence-corrected chi connectivity index (χ2v) is 6.40. The summed E-state index contributed by atoms with van der Waals surface area (Å²) in [5.41, 5.74) is 0.743. The number of alkyl halides is 2. The maximum Gasteiger partial charge on any atom is 0.387 e. The third-order valence-electron chi connectivity index (χ3n) is 3.26. The molecule has 1 N–H and O–H groups in total. The third-order valence-corrected chi connectivity index (χ3v) is 4.50. The summed E-state index contributed by atoms with van der Waals surface area (Å²) in [5.74, 6) is 0.230. The molecule has 0 aliphatic rings. The number of thiophene rings is 1. The number of hydrogen-bond donors (Lipinski definition) is 1. The van der Waals surface area contributed by atoms with E-state index in [2.05, 4.69) is 35.3 Å². The average molecular weight is 311 g/mol. The predicted molar refractivity (Wildman–Crippen MR) is 82.1 cm³/mol. The zero-order valence-electron chi connectivity index (χ0n) is 12.1. The second-order valence-electron chi connectivity index (χ2n) is 5.45. The van der Waals surface area contributed by atoms with Crippen molar-refractivity contribution in [2.75, 3.05) is 6.54 Å². The number of nitrogens with one attached hydrogen (secondary N) is 1. The Bertz CT molecular complexity index is 555. The molecule has 2 aromatic rings. The van der Waals surface area contributed by atoms with Gasteiger partial charge in [-0.25, -0.2) is 0 Å². The summed E-state index contributed by atoms with van der Waals surface area (Å²) in [6.45, 7) is 2.78. The molecular weight excluding hydrogens is 292 g/mol. The van der Waals surface area contributed by atoms with Gasteiger partial charge in [0.25, 0.3) is 0 Å². The lowest BCUT2D eigenvalue weighted by molar-refractivity contribution is -0.0505. The molecule has 21 heavy (non-hydrogen) atoms. The van der Waals surface area contributed by atoms with Crippen molar-refractivity contribution in [3.63, 3.8) is 0 Å². The van der Waals surface area contributed by atoms with E-state index in [1.54, 1.807) is 29.5 Å². The molecule has 2 rings (SSSR count). The van der Waals surface area contributed by atoms with E-state index in [9.17, 15) is 8.78 Å². The van der Waals surface area contributed by atoms with Crippen molar-refractivity contribution in [2.45, 2.75) is 32.4 Å². The lowest BCUT2D eigenvalue weighted by atomic mass is 9.91. The van der Waals surface area contributed by atoms with E-state index in [1.807, 2.05) is 12.1 Å². The van der Waals surface area contributed by atoms with E-state index in [0.29, 0.717) is 6.54 Å². The largest absolute Gasteiger partial charge is 0.434 e. The molecule has 0 aliphatic carbocycles. The minimum Gasteiger partial charge on any atom is -0.434 e. The Labute approximate surface area is 127 Å². The van der Waals surface area contributed by atoms with Gasteiger partial charge in [-0.2, -0.15) is 8.78 Å². The molecule has 1 aromatic carbocycles. The fourth-order valence-electron chi connectivity index (χ4n) is 2.12. The quantitative estimate of drug-likeness (QED) is 0.817. The number of benzene rings is 1. The summed E-state index contributed by atoms with van der Waals surface area (Å²) in [6.07, 6.45) is 0. The first-order chi connectivity index (χ1) is 9.99. The number of para-hydroxylation sites is 1. The third kappa shape index (κ3) is 4.51. The highest BCUT2D eigenvalue weighted by atomic mass is 32.1. The second kappa shape index (κ2) is 7.00. The van der Waals surface area contributed by atoms with Gasteiger partial charge in [-0.05, 0) is 17.5 Å². The van der Waals surface area contributed by atoms with Gasteiger partial charge in [0.1, 0.15) is 5.75 Å². The van der Waals surface area contributed by atoms with Gasteiger partial charge in [-0.15, -0.1) is 11.3 Å². The van der Waals surface area contributed by atoms with Crippen LogP contribution >= 0.6 is 11.3 Å². The zero-order valence-corrected chi connectivity index (χ0v) is 12.9. The van der Waals surface area contributed by atoms with Crippen molar-refractivity contribution in [3.05, 3.63) is 52.2 Å². The van der Waals surface area contributed by atoms with E-state index >= 15 is 0 Å². The van der Waals surface area contributed by atoms with Crippen LogP contribution in [-0.2, 0) is 12.0 Å². The Kier molecular flexibility index (Phi) is 5.31. The van der Waals surface area contributed by atoms with Crippen molar-refractivity contribution in [2.24, 2.45) is 0 Å². The normalized spacial score (nSPS) is 11.9. The van der Waals surface area contributed by atoms with Gasteiger partial charge in [-0.3, -0.25) is 0 Å². The summed E-state index contributed by atoms with van der Waals surface area (Å²) >= 11 is 1.72. The van der Waals surface area contributed by atoms with Crippen molar-refractivity contribution in [3.8, 4) is 5.75 Å². The smallest absolute Gasteiger partial charge is 0.387 e. The van der Waals surface area contributed by atoms with Crippen LogP contribution in [0.2, 0.25) is 0 Å². The predicted octanol–water partition coefficient (Wildman–Crippen LogP) is 4.42. The van der Waals surface area contributed by atoms with Gasteiger partial charge in [0, 0.05) is 28.9 Å². The minimum atomic E-state index is -2.80. The Hall–Kier alpha value is -1.46. The Morgan fingerprint density at radius 3 is 2.62 bits per heavy atom. The SMILES string of the molecule is CC(C)(CNCc1ccccc1OC(F)F)c1cccs1. The lowest BCUT2D eigenvalue weighted by Crippen LogP contribution is -2.32. The van der Waals surface area contributed by atoms with Gasteiger partial charge < -0.3 is 10.1 Å². The molecule has 1 aromatic heterocycles. The minimum absolute atomic E-state index is 0.00663. The maximum atomic E-state index is 12.4. The van der Waals surface area contributed by atoms with Crippen LogP contribution in [0, 0.1) is 0 Å². The van der Waals surface area contributed by atoms with E-state index in [4.69, 9.17) is 0 Å². The number of rotatable bonds is 7. The van der Waals surface area contributed by atoms with Gasteiger partial charge in [0.2, 0.25) is 0 Å². The molecule has 0 amide bonds. The molecule has 2 nitrogen and oxygen atoms in total. The van der Waals surface area contributed by atoms with Gasteiger partial charge in [0.05, 0.1) is 0 Å². The highest BCUT2D eigenvalue weighted by Gasteiger charge is 2.21. The zero-order chi connectivity index (χ0) is 15.3. The van der Waals surface area contributed by atoms with Crippen LogP contribution < -0.4 is 10.1 Å². The number of hydrogen-bond acceptors (Lipinski definition) is 3. The molecular formula is C16H19F2NOS. The number of halogens is 2. The maximum absolute atomic E-state index is 12.4. The number of ether oxygens (including phenoxy) is 1. The fourth-order valence-corrected chi connectivity index (χ4v) is 2.97. The molecule has 0 bridgehead atoms. The van der Waals surface area contributed by atoms with Crippen LogP contribution in [0.1, 0.15) is 24.3 Å². The van der Waals surface area contributed by atoms with Crippen LogP contribution in [0.4, 0.5) is 8.78 Å². The van der Waals surface area contributed by atoms with E-state index in [-0.39, 0.29) is 11.2 Å². The molecule has 0 saturated carbocycles. The molecule has 0 spiro atoms. The lowest BCUT2D eigenvalue weighted by Gasteiger charge is -2.24. The molecule has 0 radical (unpaired) electrons. The van der Waals surface area contributed by atoms with E-state index in [0.717, 1.165) is 12.1 Å². The van der Waals surface area contributed by atoms with Crippen molar-refractivity contribution in [1.29, 1.82) is 0 Å². The molecule has 114 valence electrons. The van der Waals surface area contributed by atoms with Crippen molar-refractivity contribution < 1.29 is 13.5 Å². The van der Waals surface area contributed by atoms with E-state index < -0.39 is 6.61 Å². The van der Waals surface area contributed by atoms with Crippen molar-refractivity contribution >= 4 is 11.3 Å². The van der Waals surface area contributed by atoms with E-state index in [1.165, 1.54) is 4.88 Å².